The number of esters is 1. The van der Waals surface area contributed by atoms with Crippen molar-refractivity contribution in [3.8, 4) is 5.69 Å². The zero-order chi connectivity index (χ0) is 21.5. The van der Waals surface area contributed by atoms with Gasteiger partial charge < -0.3 is 9.30 Å². The normalized spacial score (nSPS) is 15.7. The highest BCUT2D eigenvalue weighted by Gasteiger charge is 2.33. The van der Waals surface area contributed by atoms with E-state index < -0.39 is 23.8 Å². The fraction of sp³-hybridized carbons (Fsp3) is 0.238. The molecule has 1 N–H and O–H groups in total. The molecule has 1 aliphatic rings. The fourth-order valence-corrected chi connectivity index (χ4v) is 3.40. The molecule has 1 aromatic heterocycles. The Balaban J connectivity index is 2.12. The number of nitrogens with one attached hydrogen (secondary N) is 1. The minimum atomic E-state index is -0.752. The number of carbonyl (C=O) groups excluding carboxylic acids is 4. The lowest BCUT2D eigenvalue weighted by Crippen LogP contribution is -2.52. The second-order valence-corrected chi connectivity index (χ2v) is 6.78. The van der Waals surface area contributed by atoms with Gasteiger partial charge in [0.1, 0.15) is 5.57 Å². The predicted molar refractivity (Wildman–Crippen MR) is 106 cm³/mol. The summed E-state index contributed by atoms with van der Waals surface area (Å²) < 4.78 is 6.78. The number of nitrogens with zero attached hydrogens (tertiary/aromatic N) is 2. The van der Waals surface area contributed by atoms with Gasteiger partial charge in [-0.25, -0.2) is 9.59 Å². The zero-order valence-corrected chi connectivity index (χ0v) is 16.8. The van der Waals surface area contributed by atoms with E-state index in [2.05, 4.69) is 5.32 Å². The van der Waals surface area contributed by atoms with Gasteiger partial charge in [0, 0.05) is 24.1 Å². The third-order valence-electron chi connectivity index (χ3n) is 5.03. The van der Waals surface area contributed by atoms with E-state index in [9.17, 15) is 19.2 Å². The second-order valence-electron chi connectivity index (χ2n) is 6.78. The van der Waals surface area contributed by atoms with Gasteiger partial charge in [-0.05, 0) is 56.2 Å². The van der Waals surface area contributed by atoms with Crippen LogP contribution in [0.4, 0.5) is 4.79 Å². The molecule has 0 bridgehead atoms. The summed E-state index contributed by atoms with van der Waals surface area (Å²) in [4.78, 5) is 49.0. The summed E-state index contributed by atoms with van der Waals surface area (Å²) in [7, 11) is 2.64. The minimum absolute atomic E-state index is 0.118. The number of aromatic nitrogens is 1. The molecule has 8 heteroatoms. The Bertz CT molecular complexity index is 1090. The molecular formula is C21H21N3O5. The summed E-state index contributed by atoms with van der Waals surface area (Å²) >= 11 is 0. The van der Waals surface area contributed by atoms with E-state index in [4.69, 9.17) is 4.74 Å². The van der Waals surface area contributed by atoms with Crippen molar-refractivity contribution in [3.05, 3.63) is 57.9 Å². The quantitative estimate of drug-likeness (QED) is 0.488. The van der Waals surface area contributed by atoms with E-state index in [0.717, 1.165) is 27.5 Å². The van der Waals surface area contributed by atoms with Crippen molar-refractivity contribution < 1.29 is 23.9 Å². The third kappa shape index (κ3) is 3.33. The van der Waals surface area contributed by atoms with Crippen LogP contribution in [0.25, 0.3) is 11.8 Å². The standard InChI is InChI=1S/C21H21N3O5/c1-11-9-14(10-16-18(25)22-21(28)23(4)19(16)26)13(3)24(11)17-8-6-7-15(12(17)2)20(27)29-5/h6-10H,1-5H3,(H,22,25,28)/b16-10-. The minimum Gasteiger partial charge on any atom is -0.465 e. The van der Waals surface area contributed by atoms with Crippen LogP contribution in [0.1, 0.15) is 32.9 Å². The molecule has 0 radical (unpaired) electrons. The Hall–Kier alpha value is -3.68. The highest BCUT2D eigenvalue weighted by atomic mass is 16.5. The number of likely N-dealkylation sites (N-methyl/N-ethyl adjacent to an activating group) is 1. The number of imide groups is 2. The number of urea groups is 1. The van der Waals surface area contributed by atoms with Crippen molar-refractivity contribution in [1.82, 2.24) is 14.8 Å². The maximum absolute atomic E-state index is 12.3. The molecule has 1 aliphatic heterocycles. The number of methoxy groups -OCH3 is 1. The molecular weight excluding hydrogens is 374 g/mol. The van der Waals surface area contributed by atoms with Crippen LogP contribution >= 0.6 is 0 Å². The van der Waals surface area contributed by atoms with Crippen molar-refractivity contribution in [2.75, 3.05) is 14.2 Å². The van der Waals surface area contributed by atoms with Gasteiger partial charge in [0.05, 0.1) is 12.7 Å². The van der Waals surface area contributed by atoms with Crippen molar-refractivity contribution in [2.45, 2.75) is 20.8 Å². The van der Waals surface area contributed by atoms with Gasteiger partial charge in [-0.15, -0.1) is 0 Å². The number of amides is 4. The monoisotopic (exact) mass is 395 g/mol. The zero-order valence-electron chi connectivity index (χ0n) is 16.8. The van der Waals surface area contributed by atoms with E-state index >= 15 is 0 Å². The number of hydrogen-bond acceptors (Lipinski definition) is 5. The summed E-state index contributed by atoms with van der Waals surface area (Å²) in [5, 5.41) is 2.14. The lowest BCUT2D eigenvalue weighted by molar-refractivity contribution is -0.129. The number of hydrogen-bond donors (Lipinski definition) is 1. The summed E-state index contributed by atoms with van der Waals surface area (Å²) in [6, 6.07) is 6.43. The van der Waals surface area contributed by atoms with E-state index in [-0.39, 0.29) is 5.57 Å². The predicted octanol–water partition coefficient (Wildman–Crippen LogP) is 2.28. The molecule has 150 valence electrons. The fourth-order valence-electron chi connectivity index (χ4n) is 3.40. The Kier molecular flexibility index (Phi) is 5.11. The maximum atomic E-state index is 12.3. The van der Waals surface area contributed by atoms with E-state index in [1.165, 1.54) is 20.2 Å². The van der Waals surface area contributed by atoms with E-state index in [1.54, 1.807) is 12.1 Å². The van der Waals surface area contributed by atoms with Crippen LogP contribution in [0.15, 0.2) is 29.8 Å². The third-order valence-corrected chi connectivity index (χ3v) is 5.03. The SMILES string of the molecule is COC(=O)c1cccc(-n2c(C)cc(/C=C3/C(=O)NC(=O)N(C)C3=O)c2C)c1C. The van der Waals surface area contributed by atoms with Crippen molar-refractivity contribution in [3.63, 3.8) is 0 Å². The summed E-state index contributed by atoms with van der Waals surface area (Å²) in [5.74, 6) is -1.81. The molecule has 1 aromatic carbocycles. The van der Waals surface area contributed by atoms with E-state index in [1.807, 2.05) is 37.5 Å². The first kappa shape index (κ1) is 20.1. The van der Waals surface area contributed by atoms with Crippen LogP contribution in [0.3, 0.4) is 0 Å². The molecule has 29 heavy (non-hydrogen) atoms. The number of rotatable bonds is 3. The Morgan fingerprint density at radius 3 is 2.48 bits per heavy atom. The molecule has 0 saturated carbocycles. The maximum Gasteiger partial charge on any atom is 0.338 e. The first-order valence-electron chi connectivity index (χ1n) is 8.89. The van der Waals surface area contributed by atoms with Crippen LogP contribution in [-0.4, -0.2) is 47.4 Å². The van der Waals surface area contributed by atoms with Gasteiger partial charge in [0.25, 0.3) is 11.8 Å². The molecule has 1 saturated heterocycles. The van der Waals surface area contributed by atoms with E-state index in [0.29, 0.717) is 11.1 Å². The van der Waals surface area contributed by atoms with Crippen LogP contribution < -0.4 is 5.32 Å². The molecule has 2 heterocycles. The molecule has 0 aliphatic carbocycles. The summed E-state index contributed by atoms with van der Waals surface area (Å²) in [6.07, 6.45) is 1.47. The number of carbonyl (C=O) groups is 4. The van der Waals surface area contributed by atoms with Crippen LogP contribution in [0.5, 0.6) is 0 Å². The number of ether oxygens (including phenoxy) is 1. The van der Waals surface area contributed by atoms with Gasteiger partial charge in [-0.3, -0.25) is 19.8 Å². The molecule has 4 amide bonds. The topological polar surface area (TPSA) is 97.7 Å². The molecule has 8 nitrogen and oxygen atoms in total. The Morgan fingerprint density at radius 2 is 1.83 bits per heavy atom. The van der Waals surface area contributed by atoms with Gasteiger partial charge in [0.15, 0.2) is 0 Å². The van der Waals surface area contributed by atoms with Crippen molar-refractivity contribution in [2.24, 2.45) is 0 Å². The number of barbiturate groups is 1. The Morgan fingerprint density at radius 1 is 1.14 bits per heavy atom. The van der Waals surface area contributed by atoms with Crippen LogP contribution in [0, 0.1) is 20.8 Å². The van der Waals surface area contributed by atoms with Crippen LogP contribution in [0.2, 0.25) is 0 Å². The highest BCUT2D eigenvalue weighted by Crippen LogP contribution is 2.27. The lowest BCUT2D eigenvalue weighted by atomic mass is 10.1. The van der Waals surface area contributed by atoms with Gasteiger partial charge >= 0.3 is 12.0 Å². The van der Waals surface area contributed by atoms with Crippen molar-refractivity contribution in [1.29, 1.82) is 0 Å². The Labute approximate surface area is 167 Å². The molecule has 0 atom stereocenters. The number of benzene rings is 1. The molecule has 3 rings (SSSR count). The molecule has 0 unspecified atom stereocenters. The first-order valence-corrected chi connectivity index (χ1v) is 8.89. The van der Waals surface area contributed by atoms with Gasteiger partial charge in [-0.1, -0.05) is 6.07 Å². The van der Waals surface area contributed by atoms with Crippen molar-refractivity contribution >= 4 is 29.9 Å². The summed E-state index contributed by atoms with van der Waals surface area (Å²) in [6.45, 7) is 5.57. The number of aryl methyl sites for hydroxylation is 1. The summed E-state index contributed by atoms with van der Waals surface area (Å²) in [5.41, 5.74) is 4.17. The first-order chi connectivity index (χ1) is 13.7. The second kappa shape index (κ2) is 7.38. The lowest BCUT2D eigenvalue weighted by Gasteiger charge is -2.22. The smallest absolute Gasteiger partial charge is 0.338 e. The largest absolute Gasteiger partial charge is 0.465 e. The highest BCUT2D eigenvalue weighted by molar-refractivity contribution is 6.30. The molecule has 1 fully saturated rings. The van der Waals surface area contributed by atoms with Gasteiger partial charge in [-0.2, -0.15) is 0 Å². The van der Waals surface area contributed by atoms with Gasteiger partial charge in [0.2, 0.25) is 0 Å². The van der Waals surface area contributed by atoms with Crippen LogP contribution in [-0.2, 0) is 14.3 Å². The molecule has 2 aromatic rings. The molecule has 0 spiro atoms. The average Bonchev–Trinajstić information content (AvgIpc) is 2.96. The average molecular weight is 395 g/mol.